The van der Waals surface area contributed by atoms with Crippen LogP contribution in [0.25, 0.3) is 76.1 Å². The molecule has 0 radical (unpaired) electrons. The van der Waals surface area contributed by atoms with Crippen molar-refractivity contribution in [3.63, 3.8) is 0 Å². The average molecular weight is 1150 g/mol. The number of nitrogens with zero attached hydrogens (tertiary/aromatic N) is 3. The molecule has 0 unspecified atom stereocenters. The van der Waals surface area contributed by atoms with E-state index in [2.05, 4.69) is 314 Å². The lowest BCUT2D eigenvalue weighted by Gasteiger charge is -2.31. The molecule has 1 heterocycles. The number of fused-ring (bicyclic) bond motifs is 14. The maximum Gasteiger partial charge on any atom is 0.0746 e. The van der Waals surface area contributed by atoms with E-state index >= 15 is 0 Å². The molecule has 416 valence electrons. The molecule has 5 nitrogen and oxygen atoms in total. The quantitative estimate of drug-likeness (QED) is 0.0759. The summed E-state index contributed by atoms with van der Waals surface area (Å²) in [6.07, 6.45) is 0. The molecule has 0 saturated heterocycles. The van der Waals surface area contributed by atoms with Gasteiger partial charge in [0.2, 0.25) is 0 Å². The zero-order chi connectivity index (χ0) is 58.3. The minimum Gasteiger partial charge on any atom is -0.354 e. The normalized spacial score (nSPS) is 14.1. The van der Waals surface area contributed by atoms with Crippen LogP contribution in [-0.4, -0.2) is 0 Å². The zero-order valence-corrected chi connectivity index (χ0v) is 50.3. The van der Waals surface area contributed by atoms with Crippen LogP contribution in [0.3, 0.4) is 0 Å². The van der Waals surface area contributed by atoms with E-state index < -0.39 is 0 Å². The molecule has 0 atom stereocenters. The molecule has 87 heavy (non-hydrogen) atoms. The molecule has 0 spiro atoms. The molecule has 1 aliphatic heterocycles. The topological polar surface area (TPSA) is 33.8 Å². The fraction of sp³-hybridized carbons (Fsp3) is 0.0750. The van der Waals surface area contributed by atoms with Gasteiger partial charge in [-0.25, -0.2) is 0 Å². The Morgan fingerprint density at radius 2 is 0.874 bits per heavy atom. The van der Waals surface area contributed by atoms with Crippen LogP contribution in [0.1, 0.15) is 49.9 Å². The Kier molecular flexibility index (Phi) is 11.7. The Morgan fingerprint density at radius 1 is 0.379 bits per heavy atom. The van der Waals surface area contributed by atoms with Crippen molar-refractivity contribution in [2.45, 2.75) is 48.3 Å². The monoisotopic (exact) mass is 1150 g/mol. The lowest BCUT2D eigenvalue weighted by atomic mass is 9.82. The van der Waals surface area contributed by atoms with Gasteiger partial charge in [-0.05, 0) is 186 Å². The highest BCUT2D eigenvalue weighted by Gasteiger charge is 2.39. The van der Waals surface area contributed by atoms with E-state index in [1.54, 1.807) is 11.9 Å². The molecule has 0 saturated carbocycles. The van der Waals surface area contributed by atoms with E-state index in [1.807, 2.05) is 6.07 Å². The van der Waals surface area contributed by atoms with E-state index in [1.165, 1.54) is 76.8 Å². The number of para-hydroxylation sites is 3. The summed E-state index contributed by atoms with van der Waals surface area (Å²) in [7, 11) is 0. The Balaban J connectivity index is 0.907. The first-order valence-corrected chi connectivity index (χ1v) is 31.2. The van der Waals surface area contributed by atoms with E-state index in [9.17, 15) is 0 Å². The van der Waals surface area contributed by atoms with Crippen molar-refractivity contribution < 1.29 is 0 Å². The first-order valence-electron chi connectivity index (χ1n) is 30.0. The summed E-state index contributed by atoms with van der Waals surface area (Å²) in [5, 5.41) is 18.1. The highest BCUT2D eigenvalue weighted by molar-refractivity contribution is 7.98. The average Bonchev–Trinajstić information content (AvgIpc) is 1.76. The molecule has 2 aliphatic carbocycles. The summed E-state index contributed by atoms with van der Waals surface area (Å²) >= 11 is 6.75. The number of hydrazine groups is 1. The molecule has 2 N–H and O–H groups in total. The van der Waals surface area contributed by atoms with Crippen molar-refractivity contribution in [3.8, 4) is 22.3 Å². The maximum absolute atomic E-state index is 5.10. The van der Waals surface area contributed by atoms with Gasteiger partial charge < -0.3 is 15.1 Å². The van der Waals surface area contributed by atoms with Gasteiger partial charge in [-0.2, -0.15) is 4.83 Å². The fourth-order valence-corrected chi connectivity index (χ4v) is 15.6. The second-order valence-corrected chi connectivity index (χ2v) is 25.8. The highest BCUT2D eigenvalue weighted by Crippen LogP contribution is 2.57. The third-order valence-electron chi connectivity index (χ3n) is 18.9. The molecule has 7 heteroatoms. The van der Waals surface area contributed by atoms with Crippen LogP contribution in [0.5, 0.6) is 0 Å². The summed E-state index contributed by atoms with van der Waals surface area (Å²) in [5.74, 6) is 0. The van der Waals surface area contributed by atoms with Gasteiger partial charge in [0.05, 0.1) is 22.7 Å². The van der Waals surface area contributed by atoms with Crippen LogP contribution in [0.4, 0.5) is 56.9 Å². The van der Waals surface area contributed by atoms with Gasteiger partial charge >= 0.3 is 0 Å². The molecule has 0 fully saturated rings. The summed E-state index contributed by atoms with van der Waals surface area (Å²) in [5.41, 5.74) is 20.7. The Hall–Kier alpha value is -9.76. The van der Waals surface area contributed by atoms with Gasteiger partial charge in [-0.1, -0.05) is 198 Å². The molecule has 14 aromatic carbocycles. The van der Waals surface area contributed by atoms with Gasteiger partial charge in [0.25, 0.3) is 0 Å². The third-order valence-corrected chi connectivity index (χ3v) is 20.2. The number of nitrogens with one attached hydrogen (secondary N) is 2. The maximum atomic E-state index is 5.10. The largest absolute Gasteiger partial charge is 0.354 e. The molecule has 0 bridgehead atoms. The van der Waals surface area contributed by atoms with Crippen LogP contribution < -0.4 is 25.0 Å². The second-order valence-electron chi connectivity index (χ2n) is 24.5. The minimum absolute atomic E-state index is 0.222. The van der Waals surface area contributed by atoms with Crippen molar-refractivity contribution in [1.82, 2.24) is 4.83 Å². The lowest BCUT2D eigenvalue weighted by Crippen LogP contribution is -2.24. The molecule has 0 amide bonds. The van der Waals surface area contributed by atoms with Crippen molar-refractivity contribution in [2.24, 2.45) is 0 Å². The summed E-state index contributed by atoms with van der Waals surface area (Å²) in [6, 6.07) is 98.7. The zero-order valence-electron chi connectivity index (χ0n) is 48.6. The number of hydrogen-bond acceptors (Lipinski definition) is 7. The molecule has 0 aromatic heterocycles. The second kappa shape index (κ2) is 19.6. The van der Waals surface area contributed by atoms with Crippen LogP contribution in [0.2, 0.25) is 0 Å². The number of thiol groups is 1. The van der Waals surface area contributed by atoms with Gasteiger partial charge in [-0.3, -0.25) is 5.01 Å². The van der Waals surface area contributed by atoms with Crippen LogP contribution in [0, 0.1) is 0 Å². The van der Waals surface area contributed by atoms with E-state index in [0.29, 0.717) is 0 Å². The number of anilines is 10. The van der Waals surface area contributed by atoms with Crippen molar-refractivity contribution >= 4 is 135 Å². The Morgan fingerprint density at radius 3 is 1.54 bits per heavy atom. The standard InChI is InChI=1S/C80H59N5S2/c1-79(2)67-42-31-50-19-10-12-24-59(50)75(67)63-40-36-57(47-69(63)79)83(53-22-6-5-7-23-53)56-34-38-61-66(46-56)78(85-72-27-15-17-29-74(72)87-82-85)62-39-35-55(45-65(62)77(61)81-71-26-14-16-28-73(71)86)84(54-33-30-49-18-8-9-21-52(49)44-54)58-37-41-64-70(48-58)80(3,4)68-43-32-51-20-11-13-25-60(51)76(64)68/h5-48,81-82,86H,1-4H3. The van der Waals surface area contributed by atoms with E-state index in [4.69, 9.17) is 12.6 Å². The Bertz CT molecular complexity index is 5200. The summed E-state index contributed by atoms with van der Waals surface area (Å²) in [6.45, 7) is 9.53. The predicted molar refractivity (Wildman–Crippen MR) is 373 cm³/mol. The minimum atomic E-state index is -0.237. The fourth-order valence-electron chi connectivity index (χ4n) is 14.6. The molecular weight excluding hydrogens is 1100 g/mol. The summed E-state index contributed by atoms with van der Waals surface area (Å²) < 4.78 is 0. The van der Waals surface area contributed by atoms with Gasteiger partial charge in [0, 0.05) is 76.3 Å². The third kappa shape index (κ3) is 8.00. The van der Waals surface area contributed by atoms with Gasteiger partial charge in [-0.15, -0.1) is 12.6 Å². The molecule has 17 rings (SSSR count). The molecule has 3 aliphatic rings. The van der Waals surface area contributed by atoms with Crippen molar-refractivity contribution in [3.05, 3.63) is 289 Å². The number of benzene rings is 14. The SMILES string of the molecule is CC1(C)c2cc(N(c3ccc4ccccc4c3)c3ccc4c(N5NSc6ccccc65)c5cc(N(c6ccccc6)c6ccc7c(c6)C(C)(C)c6ccc8ccccc8c6-7)ccc5c(Nc5ccccc5S)c4c3)ccc2-c2c1ccc1ccccc21. The lowest BCUT2D eigenvalue weighted by molar-refractivity contribution is 0.661. The Labute approximate surface area is 516 Å². The van der Waals surface area contributed by atoms with Crippen LogP contribution in [0.15, 0.2) is 277 Å². The van der Waals surface area contributed by atoms with Gasteiger partial charge in [0.1, 0.15) is 0 Å². The van der Waals surface area contributed by atoms with E-state index in [-0.39, 0.29) is 10.8 Å². The molecular formula is C80H59N5S2. The molecule has 14 aromatic rings. The van der Waals surface area contributed by atoms with Crippen LogP contribution in [-0.2, 0) is 10.8 Å². The van der Waals surface area contributed by atoms with Crippen molar-refractivity contribution in [1.29, 1.82) is 0 Å². The van der Waals surface area contributed by atoms with Crippen molar-refractivity contribution in [2.75, 3.05) is 20.1 Å². The summed E-state index contributed by atoms with van der Waals surface area (Å²) in [4.78, 5) is 10.7. The van der Waals surface area contributed by atoms with Gasteiger partial charge in [0.15, 0.2) is 0 Å². The smallest absolute Gasteiger partial charge is 0.0746 e. The van der Waals surface area contributed by atoms with E-state index in [0.717, 1.165) is 88.2 Å². The van der Waals surface area contributed by atoms with Crippen LogP contribution >= 0.6 is 24.6 Å². The first kappa shape index (κ1) is 51.6. The first-order chi connectivity index (χ1) is 42.6. The number of rotatable bonds is 9. The highest BCUT2D eigenvalue weighted by atomic mass is 32.2. The predicted octanol–water partition coefficient (Wildman–Crippen LogP) is 22.7. The number of hydrogen-bond donors (Lipinski definition) is 3.